The van der Waals surface area contributed by atoms with Crippen molar-refractivity contribution in [3.05, 3.63) is 113 Å². The number of primary amides is 1. The summed E-state index contributed by atoms with van der Waals surface area (Å²) in [4.78, 5) is 60.6. The SMILES string of the molecule is Cc1ncsc1-c1ccc(CNC(=O)[C@@H]2C[C@@H](O)CN2C(=O)[C@@H](NC(=O)CCCCn2ccc(Nc3[nH]nc(-c4ccc(NS(=O)(=O)C(F)F)c(O[C@@H](C)c5ccc(F)cc5)c4)c3C(N)=O)n2)C(C)(C)C)cc1. The number of ether oxygens (including phenoxy) is 1. The number of aryl methyl sites for hydroxylation is 2. The number of aromatic amines is 1. The van der Waals surface area contributed by atoms with Gasteiger partial charge in [0.1, 0.15) is 46.8 Å². The number of unbranched alkanes of at least 4 members (excludes halogenated alkanes) is 1. The van der Waals surface area contributed by atoms with E-state index in [4.69, 9.17) is 10.5 Å². The summed E-state index contributed by atoms with van der Waals surface area (Å²) in [5.74, 6) is -6.29. The van der Waals surface area contributed by atoms with Gasteiger partial charge in [-0.2, -0.15) is 19.0 Å². The normalized spacial score (nSPS) is 15.7. The number of hydrogen-bond donors (Lipinski definition) is 7. The molecule has 0 bridgehead atoms. The van der Waals surface area contributed by atoms with Crippen molar-refractivity contribution in [2.45, 2.75) is 103 Å². The molecule has 7 rings (SSSR count). The molecule has 4 heterocycles. The highest BCUT2D eigenvalue weighted by molar-refractivity contribution is 7.93. The lowest BCUT2D eigenvalue weighted by Crippen LogP contribution is -2.57. The zero-order valence-corrected chi connectivity index (χ0v) is 42.1. The maximum Gasteiger partial charge on any atom is 0.355 e. The zero-order chi connectivity index (χ0) is 52.8. The van der Waals surface area contributed by atoms with Crippen LogP contribution in [0.1, 0.15) is 86.7 Å². The fraction of sp³-hybridized carbons (Fsp3) is 0.367. The maximum atomic E-state index is 14.1. The number of amides is 4. The van der Waals surface area contributed by atoms with Gasteiger partial charge in [-0.1, -0.05) is 63.2 Å². The number of rotatable bonds is 21. The van der Waals surface area contributed by atoms with Crippen LogP contribution in [0.15, 0.2) is 84.5 Å². The first-order valence-electron chi connectivity index (χ1n) is 23.2. The summed E-state index contributed by atoms with van der Waals surface area (Å²) in [6, 6.07) is 16.5. The molecule has 4 amide bonds. The molecule has 6 aromatic rings. The van der Waals surface area contributed by atoms with E-state index in [1.54, 1.807) is 40.7 Å². The average Bonchev–Trinajstić information content (AvgIpc) is 4.16. The first-order chi connectivity index (χ1) is 34.6. The van der Waals surface area contributed by atoms with E-state index in [0.717, 1.165) is 27.8 Å². The van der Waals surface area contributed by atoms with E-state index in [0.29, 0.717) is 24.9 Å². The van der Waals surface area contributed by atoms with E-state index in [2.05, 4.69) is 36.2 Å². The number of thiazole rings is 1. The minimum Gasteiger partial charge on any atom is -0.484 e. The van der Waals surface area contributed by atoms with Gasteiger partial charge in [-0.05, 0) is 73.1 Å². The summed E-state index contributed by atoms with van der Waals surface area (Å²) in [6.45, 7) is 9.51. The molecule has 8 N–H and O–H groups in total. The quantitative estimate of drug-likeness (QED) is 0.0368. The second-order valence-corrected chi connectivity index (χ2v) is 21.1. The van der Waals surface area contributed by atoms with Crippen molar-refractivity contribution in [3.63, 3.8) is 0 Å². The molecule has 19 nitrogen and oxygen atoms in total. The second kappa shape index (κ2) is 22.6. The van der Waals surface area contributed by atoms with Gasteiger partial charge in [0.05, 0.1) is 27.9 Å². The molecule has 3 aromatic heterocycles. The summed E-state index contributed by atoms with van der Waals surface area (Å²) < 4.78 is 74.1. The number of carbonyl (C=O) groups excluding carboxylic acids is 4. The molecule has 73 heavy (non-hydrogen) atoms. The molecule has 3 aromatic carbocycles. The van der Waals surface area contributed by atoms with Crippen LogP contribution in [0, 0.1) is 18.2 Å². The van der Waals surface area contributed by atoms with Gasteiger partial charge >= 0.3 is 5.76 Å². The lowest BCUT2D eigenvalue weighted by molar-refractivity contribution is -0.144. The smallest absolute Gasteiger partial charge is 0.355 e. The van der Waals surface area contributed by atoms with Crippen molar-refractivity contribution in [1.29, 1.82) is 0 Å². The number of halogens is 3. The van der Waals surface area contributed by atoms with Gasteiger partial charge in [0.15, 0.2) is 5.82 Å². The van der Waals surface area contributed by atoms with Crippen LogP contribution < -0.4 is 31.1 Å². The minimum atomic E-state index is -5.13. The van der Waals surface area contributed by atoms with Gasteiger partial charge < -0.3 is 36.4 Å². The Balaban J connectivity index is 0.938. The van der Waals surface area contributed by atoms with E-state index in [9.17, 15) is 45.9 Å². The fourth-order valence-corrected chi connectivity index (χ4v) is 9.55. The van der Waals surface area contributed by atoms with Gasteiger partial charge in [-0.15, -0.1) is 11.3 Å². The number of aliphatic hydroxyl groups excluding tert-OH is 1. The van der Waals surface area contributed by atoms with E-state index >= 15 is 0 Å². The molecule has 4 atom stereocenters. The van der Waals surface area contributed by atoms with Crippen LogP contribution in [0.4, 0.5) is 30.5 Å². The van der Waals surface area contributed by atoms with Crippen molar-refractivity contribution < 1.29 is 50.6 Å². The number of alkyl halides is 2. The molecule has 1 fully saturated rings. The van der Waals surface area contributed by atoms with Gasteiger partial charge in [0, 0.05) is 50.3 Å². The van der Waals surface area contributed by atoms with Gasteiger partial charge in [0.2, 0.25) is 17.7 Å². The summed E-state index contributed by atoms with van der Waals surface area (Å²) in [5.41, 5.74) is 9.89. The summed E-state index contributed by atoms with van der Waals surface area (Å²) >= 11 is 1.55. The van der Waals surface area contributed by atoms with Crippen LogP contribution in [-0.4, -0.2) is 97.5 Å². The van der Waals surface area contributed by atoms with Crippen molar-refractivity contribution in [1.82, 2.24) is 40.5 Å². The predicted octanol–water partition coefficient (Wildman–Crippen LogP) is 6.77. The molecule has 0 saturated carbocycles. The molecule has 1 aliphatic heterocycles. The first kappa shape index (κ1) is 53.5. The number of carbonyl (C=O) groups is 4. The lowest BCUT2D eigenvalue weighted by Gasteiger charge is -2.35. The number of nitrogens with zero attached hydrogens (tertiary/aromatic N) is 5. The van der Waals surface area contributed by atoms with Crippen LogP contribution in [0.3, 0.4) is 0 Å². The molecular formula is C49H56F3N11O8S2. The predicted molar refractivity (Wildman–Crippen MR) is 268 cm³/mol. The highest BCUT2D eigenvalue weighted by atomic mass is 32.2. The Bertz CT molecular complexity index is 3050. The molecule has 1 saturated heterocycles. The summed E-state index contributed by atoms with van der Waals surface area (Å²) in [5, 5.41) is 30.8. The largest absolute Gasteiger partial charge is 0.484 e. The molecule has 388 valence electrons. The Morgan fingerprint density at radius 2 is 1.73 bits per heavy atom. The Kier molecular flexibility index (Phi) is 16.6. The van der Waals surface area contributed by atoms with Gasteiger partial charge in [-0.3, -0.25) is 33.7 Å². The minimum absolute atomic E-state index is 0.00484. The second-order valence-electron chi connectivity index (χ2n) is 18.6. The zero-order valence-electron chi connectivity index (χ0n) is 40.5. The van der Waals surface area contributed by atoms with E-state index in [1.807, 2.05) is 56.7 Å². The third-order valence-corrected chi connectivity index (χ3v) is 14.0. The number of aliphatic hydroxyl groups is 1. The Morgan fingerprint density at radius 1 is 1.01 bits per heavy atom. The number of nitrogens with two attached hydrogens (primary N) is 1. The van der Waals surface area contributed by atoms with Crippen molar-refractivity contribution >= 4 is 62.3 Å². The Morgan fingerprint density at radius 3 is 2.38 bits per heavy atom. The number of nitrogens with one attached hydrogen (secondary N) is 5. The lowest BCUT2D eigenvalue weighted by atomic mass is 9.85. The number of benzene rings is 3. The summed E-state index contributed by atoms with van der Waals surface area (Å²) in [7, 11) is -5.13. The number of likely N-dealkylation sites (tertiary alicyclic amines) is 1. The fourth-order valence-electron chi connectivity index (χ4n) is 8.18. The molecule has 24 heteroatoms. The monoisotopic (exact) mass is 1050 g/mol. The number of β-amino-alcohol motifs (C(OH)–C–C–N with tert-alkyl or cyclic N) is 1. The molecule has 0 unspecified atom stereocenters. The maximum absolute atomic E-state index is 14.1. The topological polar surface area (TPSA) is 269 Å². The van der Waals surface area contributed by atoms with Crippen molar-refractivity contribution in [3.8, 4) is 27.4 Å². The summed E-state index contributed by atoms with van der Waals surface area (Å²) in [6.07, 6.45) is 0.991. The van der Waals surface area contributed by atoms with Gasteiger partial charge in [-0.25, -0.2) is 17.8 Å². The van der Waals surface area contributed by atoms with Crippen LogP contribution in [0.2, 0.25) is 0 Å². The third kappa shape index (κ3) is 13.2. The first-order valence-corrected chi connectivity index (χ1v) is 25.6. The highest BCUT2D eigenvalue weighted by Gasteiger charge is 2.44. The Hall–Kier alpha value is -7.31. The molecular weight excluding hydrogens is 992 g/mol. The molecule has 1 aliphatic rings. The number of H-pyrrole nitrogens is 1. The number of anilines is 3. The third-order valence-electron chi connectivity index (χ3n) is 12.0. The molecule has 0 radical (unpaired) electrons. The van der Waals surface area contributed by atoms with E-state index in [-0.39, 0.29) is 71.7 Å². The number of aromatic nitrogens is 5. The van der Waals surface area contributed by atoms with E-state index < -0.39 is 69.0 Å². The number of sulfonamides is 1. The van der Waals surface area contributed by atoms with Crippen LogP contribution >= 0.6 is 11.3 Å². The average molecular weight is 1050 g/mol. The van der Waals surface area contributed by atoms with Crippen LogP contribution in [0.5, 0.6) is 5.75 Å². The number of hydrogen-bond acceptors (Lipinski definition) is 13. The standard InChI is InChI=1S/C49H56F3N11O8S2/c1-27-42(72-26-55-27)31-11-9-29(10-12-31)24-54-46(67)36-23-34(64)25-63(36)47(68)43(49(3,4)5)57-39(65)8-6-7-20-62-21-19-38(60-62)56-45-40(44(53)66)41(58-59-45)32-15-18-35(61-73(69,70)48(51)52)37(22-32)71-28(2)30-13-16-33(50)17-14-30/h9-19,21-22,26,28,34,36,43,48,61,64H,6-8,20,23-25H2,1-5H3,(H2,53,66)(H,54,67)(H,57,65)(H2,56,58,59,60)/t28-,34+,36-,43+/m0/s1. The van der Waals surface area contributed by atoms with Crippen LogP contribution in [-0.2, 0) is 37.5 Å². The van der Waals surface area contributed by atoms with Crippen LogP contribution in [0.25, 0.3) is 21.7 Å². The van der Waals surface area contributed by atoms with Gasteiger partial charge in [0.25, 0.3) is 15.9 Å². The molecule has 0 aliphatic carbocycles. The van der Waals surface area contributed by atoms with Crippen molar-refractivity contribution in [2.75, 3.05) is 16.6 Å². The molecule has 0 spiro atoms. The highest BCUT2D eigenvalue weighted by Crippen LogP contribution is 2.37. The Labute approximate surface area is 423 Å². The van der Waals surface area contributed by atoms with Crippen molar-refractivity contribution in [2.24, 2.45) is 11.1 Å². The van der Waals surface area contributed by atoms with E-state index in [1.165, 1.54) is 41.3 Å².